The van der Waals surface area contributed by atoms with Crippen LogP contribution in [-0.4, -0.2) is 47.6 Å². The van der Waals surface area contributed by atoms with E-state index in [1.165, 1.54) is 6.29 Å². The van der Waals surface area contributed by atoms with Crippen molar-refractivity contribution < 1.29 is 24.2 Å². The van der Waals surface area contributed by atoms with E-state index < -0.39 is 6.61 Å². The number of amides is 1. The summed E-state index contributed by atoms with van der Waals surface area (Å²) in [6, 6.07) is 4.15. The Morgan fingerprint density at radius 1 is 1.28 bits per heavy atom. The third-order valence-corrected chi connectivity index (χ3v) is 7.14. The van der Waals surface area contributed by atoms with Crippen LogP contribution in [0.15, 0.2) is 12.1 Å². The van der Waals surface area contributed by atoms with E-state index in [4.69, 9.17) is 9.84 Å². The molecule has 0 bridgehead atoms. The number of fused-ring (bicyclic) bond motifs is 1. The lowest BCUT2D eigenvalue weighted by atomic mass is 9.99. The molecule has 1 aromatic carbocycles. The van der Waals surface area contributed by atoms with E-state index in [1.807, 2.05) is 20.8 Å². The number of thiophene rings is 1. The minimum Gasteiger partial charge on any atom is -0.493 e. The Morgan fingerprint density at radius 3 is 2.66 bits per heavy atom. The average Bonchev–Trinajstić information content (AvgIpc) is 3.34. The minimum absolute atomic E-state index is 0.0617. The highest BCUT2D eigenvalue weighted by molar-refractivity contribution is 7.14. The molecule has 1 aliphatic rings. The highest BCUT2D eigenvalue weighted by atomic mass is 32.1. The second kappa shape index (κ2) is 10.9. The fourth-order valence-corrected chi connectivity index (χ4v) is 5.71. The van der Waals surface area contributed by atoms with E-state index in [0.29, 0.717) is 32.4 Å². The third kappa shape index (κ3) is 5.45. The van der Waals surface area contributed by atoms with Crippen molar-refractivity contribution in [2.24, 2.45) is 0 Å². The van der Waals surface area contributed by atoms with Crippen LogP contribution in [0.25, 0.3) is 0 Å². The van der Waals surface area contributed by atoms with E-state index in [2.05, 4.69) is 17.4 Å². The van der Waals surface area contributed by atoms with Crippen molar-refractivity contribution >= 4 is 29.3 Å². The Balaban J connectivity index is 1.57. The molecule has 0 spiro atoms. The Morgan fingerprint density at radius 2 is 2.00 bits per heavy atom. The number of aliphatic hydroxyl groups is 1. The Labute approximate surface area is 193 Å². The normalized spacial score (nSPS) is 14.8. The zero-order chi connectivity index (χ0) is 23.3. The van der Waals surface area contributed by atoms with Crippen LogP contribution in [0.1, 0.15) is 67.5 Å². The molecule has 32 heavy (non-hydrogen) atoms. The molecule has 1 amide bonds. The topological polar surface area (TPSA) is 97.0 Å². The molecule has 0 fully saturated rings. The summed E-state index contributed by atoms with van der Waals surface area (Å²) in [4.78, 5) is 35.5. The van der Waals surface area contributed by atoms with Crippen LogP contribution >= 0.6 is 11.3 Å². The molecule has 7 heteroatoms. The maximum absolute atomic E-state index is 13.0. The Hall–Kier alpha value is -2.51. The average molecular weight is 459 g/mol. The molecule has 0 saturated carbocycles. The van der Waals surface area contributed by atoms with Gasteiger partial charge in [0.1, 0.15) is 12.4 Å². The number of rotatable bonds is 11. The zero-order valence-electron chi connectivity index (χ0n) is 19.0. The van der Waals surface area contributed by atoms with Crippen molar-refractivity contribution in [1.29, 1.82) is 0 Å². The standard InChI is InChI=1S/C25H31NO5S/c1-15-11-18(12-16(2)24(15)31-10-4-9-26-22(30)14-28)5-8-21(29)25-20-7-6-19(13-27)23(20)17(3)32-25/h11-13,19,28H,4-10,14H2,1-3H3,(H,26,30)/p+1. The highest BCUT2D eigenvalue weighted by Crippen LogP contribution is 2.41. The number of aliphatic hydroxyl groups excluding tert-OH is 1. The summed E-state index contributed by atoms with van der Waals surface area (Å²) in [7, 11) is 0. The highest BCUT2D eigenvalue weighted by Gasteiger charge is 2.32. The van der Waals surface area contributed by atoms with Crippen molar-refractivity contribution in [3.05, 3.63) is 49.7 Å². The number of nitrogens with one attached hydrogen (secondary N) is 1. The lowest BCUT2D eigenvalue weighted by Gasteiger charge is -2.14. The first-order valence-electron chi connectivity index (χ1n) is 11.1. The number of benzene rings is 1. The SMILES string of the molecule is Cc1cc(CCC(=O)c2sc(C)c3c2CCC3C=[OH+])cc(C)c1OCCCNC(=O)CO. The van der Waals surface area contributed by atoms with Crippen LogP contribution in [-0.2, 0) is 17.6 Å². The molecule has 1 atom stereocenters. The molecule has 3 rings (SSSR count). The predicted octanol–water partition coefficient (Wildman–Crippen LogP) is 3.57. The molecule has 1 aromatic heterocycles. The van der Waals surface area contributed by atoms with Gasteiger partial charge in [-0.3, -0.25) is 14.4 Å². The molecule has 6 nitrogen and oxygen atoms in total. The molecule has 1 unspecified atom stereocenters. The van der Waals surface area contributed by atoms with Crippen LogP contribution in [0.2, 0.25) is 0 Å². The molecular formula is C25H32NO5S+. The van der Waals surface area contributed by atoms with Crippen LogP contribution < -0.4 is 10.1 Å². The summed E-state index contributed by atoms with van der Waals surface area (Å²) in [6.07, 6.45) is 4.79. The summed E-state index contributed by atoms with van der Waals surface area (Å²) >= 11 is 1.56. The first-order valence-corrected chi connectivity index (χ1v) is 11.9. The summed E-state index contributed by atoms with van der Waals surface area (Å²) in [5.41, 5.74) is 5.47. The predicted molar refractivity (Wildman–Crippen MR) is 127 cm³/mol. The molecule has 0 aliphatic heterocycles. The van der Waals surface area contributed by atoms with Gasteiger partial charge >= 0.3 is 0 Å². The number of aldehydes is 1. The van der Waals surface area contributed by atoms with Gasteiger partial charge in [-0.1, -0.05) is 12.1 Å². The molecule has 0 saturated heterocycles. The number of hydrogen-bond donors (Lipinski definition) is 2. The van der Waals surface area contributed by atoms with E-state index in [-0.39, 0.29) is 17.6 Å². The first-order chi connectivity index (χ1) is 15.3. The van der Waals surface area contributed by atoms with Gasteiger partial charge in [-0.25, -0.2) is 0 Å². The first kappa shape index (κ1) is 24.1. The van der Waals surface area contributed by atoms with Gasteiger partial charge in [0, 0.05) is 17.8 Å². The van der Waals surface area contributed by atoms with E-state index >= 15 is 0 Å². The number of Topliss-reactive ketones (excluding diaryl/α,β-unsaturated/α-hetero) is 1. The van der Waals surface area contributed by atoms with Gasteiger partial charge < -0.3 is 15.2 Å². The fraction of sp³-hybridized carbons (Fsp3) is 0.480. The fourth-order valence-electron chi connectivity index (χ4n) is 4.47. The van der Waals surface area contributed by atoms with Crippen molar-refractivity contribution in [2.75, 3.05) is 19.8 Å². The smallest absolute Gasteiger partial charge is 0.289 e. The largest absolute Gasteiger partial charge is 0.493 e. The van der Waals surface area contributed by atoms with E-state index in [9.17, 15) is 14.4 Å². The molecule has 0 radical (unpaired) electrons. The Bertz CT molecular complexity index is 987. The number of ether oxygens (including phenoxy) is 1. The number of carbonyl (C=O) groups excluding carboxylic acids is 3. The van der Waals surface area contributed by atoms with Crippen LogP contribution in [0, 0.1) is 20.8 Å². The van der Waals surface area contributed by atoms with Crippen molar-refractivity contribution in [3.8, 4) is 5.75 Å². The number of ketones is 1. The second-order valence-electron chi connectivity index (χ2n) is 8.37. The van der Waals surface area contributed by atoms with Gasteiger partial charge in [0.25, 0.3) is 6.29 Å². The number of hydrogen-bond acceptors (Lipinski definition) is 5. The summed E-state index contributed by atoms with van der Waals surface area (Å²) in [5.74, 6) is 0.696. The van der Waals surface area contributed by atoms with Crippen LogP contribution in [0.3, 0.4) is 0 Å². The summed E-state index contributed by atoms with van der Waals surface area (Å²) in [6.45, 7) is 6.47. The van der Waals surface area contributed by atoms with Crippen molar-refractivity contribution in [2.45, 2.75) is 58.8 Å². The molecule has 3 N–H and O–H groups in total. The number of carbonyl (C=O) groups is 2. The maximum Gasteiger partial charge on any atom is 0.289 e. The maximum atomic E-state index is 13.0. The van der Waals surface area contributed by atoms with Crippen molar-refractivity contribution in [3.63, 3.8) is 0 Å². The number of aryl methyl sites for hydroxylation is 4. The van der Waals surface area contributed by atoms with Gasteiger partial charge in [0.2, 0.25) is 5.91 Å². The van der Waals surface area contributed by atoms with Gasteiger partial charge in [-0.2, -0.15) is 0 Å². The van der Waals surface area contributed by atoms with E-state index in [0.717, 1.165) is 56.2 Å². The molecule has 172 valence electrons. The second-order valence-corrected chi connectivity index (χ2v) is 9.59. The summed E-state index contributed by atoms with van der Waals surface area (Å²) in [5, 5.41) is 11.3. The zero-order valence-corrected chi connectivity index (χ0v) is 19.8. The monoisotopic (exact) mass is 458 g/mol. The van der Waals surface area contributed by atoms with Gasteiger partial charge in [0.05, 0.1) is 17.4 Å². The van der Waals surface area contributed by atoms with Crippen LogP contribution in [0.4, 0.5) is 0 Å². The van der Waals surface area contributed by atoms with Gasteiger partial charge in [-0.05, 0) is 74.3 Å². The molecule has 1 aliphatic carbocycles. The minimum atomic E-state index is -0.501. The van der Waals surface area contributed by atoms with Gasteiger partial charge in [0.15, 0.2) is 5.78 Å². The lowest BCUT2D eigenvalue weighted by Crippen LogP contribution is -2.28. The molecule has 2 aromatic rings. The quantitative estimate of drug-likeness (QED) is 0.233. The van der Waals surface area contributed by atoms with Gasteiger partial charge in [-0.15, -0.1) is 11.3 Å². The van der Waals surface area contributed by atoms with Crippen molar-refractivity contribution in [1.82, 2.24) is 5.32 Å². The van der Waals surface area contributed by atoms with Crippen LogP contribution in [0.5, 0.6) is 5.75 Å². The lowest BCUT2D eigenvalue weighted by molar-refractivity contribution is -0.123. The van der Waals surface area contributed by atoms with E-state index in [1.54, 1.807) is 11.3 Å². The molecular weight excluding hydrogens is 426 g/mol. The summed E-state index contributed by atoms with van der Waals surface area (Å²) < 4.78 is 5.90. The molecule has 1 heterocycles. The third-order valence-electron chi connectivity index (χ3n) is 5.94. The Kier molecular flexibility index (Phi) is 8.21.